The van der Waals surface area contributed by atoms with Crippen molar-refractivity contribution in [3.63, 3.8) is 0 Å². The number of carbonyl (C=O) groups excluding carboxylic acids is 1. The van der Waals surface area contributed by atoms with Gasteiger partial charge in [-0.25, -0.2) is 0 Å². The van der Waals surface area contributed by atoms with Crippen LogP contribution in [0.4, 0.5) is 0 Å². The summed E-state index contributed by atoms with van der Waals surface area (Å²) in [5, 5.41) is 11.8. The van der Waals surface area contributed by atoms with Crippen molar-refractivity contribution in [3.8, 4) is 0 Å². The number of H-pyrrole nitrogens is 1. The van der Waals surface area contributed by atoms with Crippen LogP contribution in [-0.2, 0) is 13.1 Å². The topological polar surface area (TPSA) is 102 Å². The first-order valence-corrected chi connectivity index (χ1v) is 7.12. The number of para-hydroxylation sites is 1. The number of nitrogens with two attached hydrogens (primary N) is 1. The Kier molecular flexibility index (Phi) is 3.88. The maximum Gasteiger partial charge on any atom is 0.268 e. The van der Waals surface area contributed by atoms with Crippen LogP contribution in [0.5, 0.6) is 0 Å². The Hall–Kier alpha value is -2.67. The number of fused-ring (bicyclic) bond motifs is 1. The lowest BCUT2D eigenvalue weighted by Gasteiger charge is -2.02. The Labute approximate surface area is 127 Å². The minimum atomic E-state index is -0.169. The molecule has 0 aliphatic rings. The second kappa shape index (κ2) is 5.98. The maximum atomic E-state index is 12.2. The van der Waals surface area contributed by atoms with Crippen LogP contribution in [-0.4, -0.2) is 31.9 Å². The molecule has 0 bridgehead atoms. The van der Waals surface area contributed by atoms with E-state index in [0.717, 1.165) is 10.9 Å². The Morgan fingerprint density at radius 2 is 2.27 bits per heavy atom. The van der Waals surface area contributed by atoms with Gasteiger partial charge in [0.2, 0.25) is 0 Å². The Balaban J connectivity index is 1.63. The highest BCUT2D eigenvalue weighted by molar-refractivity contribution is 5.97. The summed E-state index contributed by atoms with van der Waals surface area (Å²) in [5.41, 5.74) is 7.88. The van der Waals surface area contributed by atoms with Crippen molar-refractivity contribution in [2.75, 3.05) is 0 Å². The summed E-state index contributed by atoms with van der Waals surface area (Å²) in [7, 11) is 0. The molecule has 114 valence electrons. The first kappa shape index (κ1) is 14.3. The van der Waals surface area contributed by atoms with Crippen LogP contribution < -0.4 is 11.1 Å². The molecule has 3 rings (SSSR count). The van der Waals surface area contributed by atoms with Crippen LogP contribution in [0.25, 0.3) is 10.9 Å². The van der Waals surface area contributed by atoms with Gasteiger partial charge in [0.1, 0.15) is 11.4 Å². The van der Waals surface area contributed by atoms with E-state index >= 15 is 0 Å². The molecule has 1 atom stereocenters. The van der Waals surface area contributed by atoms with Crippen LogP contribution in [0.1, 0.15) is 23.1 Å². The maximum absolute atomic E-state index is 12.2. The second-order valence-corrected chi connectivity index (χ2v) is 5.36. The molecule has 0 spiro atoms. The molecule has 1 amide bonds. The normalized spacial score (nSPS) is 12.5. The number of benzene rings is 1. The summed E-state index contributed by atoms with van der Waals surface area (Å²) in [6.07, 6.45) is 1.79. The van der Waals surface area contributed by atoms with E-state index in [1.807, 2.05) is 37.3 Å². The highest BCUT2D eigenvalue weighted by Gasteiger charge is 2.10. The average molecular weight is 298 g/mol. The molecule has 7 nitrogen and oxygen atoms in total. The zero-order chi connectivity index (χ0) is 15.5. The zero-order valence-electron chi connectivity index (χ0n) is 12.3. The molecule has 1 aromatic carbocycles. The molecular formula is C15H18N6O. The monoisotopic (exact) mass is 298 g/mol. The number of hydrogen-bond acceptors (Lipinski definition) is 4. The van der Waals surface area contributed by atoms with Gasteiger partial charge in [-0.1, -0.05) is 23.4 Å². The molecule has 0 saturated heterocycles. The van der Waals surface area contributed by atoms with E-state index in [1.165, 1.54) is 0 Å². The van der Waals surface area contributed by atoms with Crippen molar-refractivity contribution in [3.05, 3.63) is 47.9 Å². The molecule has 2 aromatic heterocycles. The van der Waals surface area contributed by atoms with Gasteiger partial charge in [-0.15, -0.1) is 5.10 Å². The summed E-state index contributed by atoms with van der Waals surface area (Å²) in [6.45, 7) is 2.83. The van der Waals surface area contributed by atoms with Crippen LogP contribution in [0, 0.1) is 0 Å². The highest BCUT2D eigenvalue weighted by Crippen LogP contribution is 2.14. The lowest BCUT2D eigenvalue weighted by atomic mass is 10.2. The number of amides is 1. The average Bonchev–Trinajstić information content (AvgIpc) is 3.10. The molecule has 22 heavy (non-hydrogen) atoms. The van der Waals surface area contributed by atoms with Crippen molar-refractivity contribution < 1.29 is 4.79 Å². The number of nitrogens with one attached hydrogen (secondary N) is 2. The van der Waals surface area contributed by atoms with E-state index in [2.05, 4.69) is 20.6 Å². The van der Waals surface area contributed by atoms with Gasteiger partial charge in [0.05, 0.1) is 19.3 Å². The molecule has 4 N–H and O–H groups in total. The molecule has 2 heterocycles. The highest BCUT2D eigenvalue weighted by atomic mass is 16.1. The first-order valence-electron chi connectivity index (χ1n) is 7.12. The van der Waals surface area contributed by atoms with Gasteiger partial charge in [0.25, 0.3) is 5.91 Å². The summed E-state index contributed by atoms with van der Waals surface area (Å²) in [6, 6.07) is 9.60. The van der Waals surface area contributed by atoms with Crippen LogP contribution in [0.3, 0.4) is 0 Å². The molecule has 7 heteroatoms. The van der Waals surface area contributed by atoms with Crippen molar-refractivity contribution in [2.24, 2.45) is 5.73 Å². The third kappa shape index (κ3) is 3.15. The summed E-state index contributed by atoms with van der Waals surface area (Å²) in [4.78, 5) is 15.2. The predicted molar refractivity (Wildman–Crippen MR) is 83.1 cm³/mol. The van der Waals surface area contributed by atoms with Crippen molar-refractivity contribution in [2.45, 2.75) is 26.1 Å². The minimum absolute atomic E-state index is 0.00971. The van der Waals surface area contributed by atoms with Crippen molar-refractivity contribution in [1.82, 2.24) is 25.3 Å². The number of nitrogens with zero attached hydrogens (tertiary/aromatic N) is 3. The van der Waals surface area contributed by atoms with Gasteiger partial charge in [0, 0.05) is 16.9 Å². The van der Waals surface area contributed by atoms with Gasteiger partial charge in [-0.3, -0.25) is 9.48 Å². The molecular weight excluding hydrogens is 280 g/mol. The predicted octanol–water partition coefficient (Wildman–Crippen LogP) is 1.04. The Bertz CT molecular complexity index is 755. The quantitative estimate of drug-likeness (QED) is 0.655. The number of hydrogen-bond donors (Lipinski definition) is 3. The number of aromatic nitrogens is 4. The Morgan fingerprint density at radius 1 is 1.45 bits per heavy atom. The van der Waals surface area contributed by atoms with Gasteiger partial charge >= 0.3 is 0 Å². The van der Waals surface area contributed by atoms with E-state index in [9.17, 15) is 4.79 Å². The molecule has 0 fully saturated rings. The SMILES string of the molecule is C[C@H](N)Cn1cc(CNC(=O)c2cc3ccccc3[nH]2)nn1. The smallest absolute Gasteiger partial charge is 0.268 e. The standard InChI is InChI=1S/C15H18N6O/c1-10(16)8-21-9-12(19-20-21)7-17-15(22)14-6-11-4-2-3-5-13(11)18-14/h2-6,9-10,18H,7-8,16H2,1H3,(H,17,22)/t10-/m0/s1. The van der Waals surface area contributed by atoms with Gasteiger partial charge in [0.15, 0.2) is 0 Å². The van der Waals surface area contributed by atoms with Gasteiger partial charge in [-0.05, 0) is 19.1 Å². The summed E-state index contributed by atoms with van der Waals surface area (Å²) >= 11 is 0. The third-order valence-electron chi connectivity index (χ3n) is 3.27. The molecule has 3 aromatic rings. The van der Waals surface area contributed by atoms with E-state index < -0.39 is 0 Å². The van der Waals surface area contributed by atoms with E-state index in [1.54, 1.807) is 10.9 Å². The van der Waals surface area contributed by atoms with E-state index in [4.69, 9.17) is 5.73 Å². The lowest BCUT2D eigenvalue weighted by molar-refractivity contribution is 0.0946. The first-order chi connectivity index (χ1) is 10.6. The lowest BCUT2D eigenvalue weighted by Crippen LogP contribution is -2.23. The fourth-order valence-corrected chi connectivity index (χ4v) is 2.27. The largest absolute Gasteiger partial charge is 0.351 e. The molecule has 0 aliphatic carbocycles. The Morgan fingerprint density at radius 3 is 3.05 bits per heavy atom. The van der Waals surface area contributed by atoms with E-state index in [-0.39, 0.29) is 11.9 Å². The van der Waals surface area contributed by atoms with Gasteiger partial charge < -0.3 is 16.0 Å². The van der Waals surface area contributed by atoms with Crippen LogP contribution in [0.2, 0.25) is 0 Å². The zero-order valence-corrected chi connectivity index (χ0v) is 12.3. The fraction of sp³-hybridized carbons (Fsp3) is 0.267. The fourth-order valence-electron chi connectivity index (χ4n) is 2.27. The molecule has 0 radical (unpaired) electrons. The molecule has 0 aliphatic heterocycles. The molecule has 0 saturated carbocycles. The number of rotatable bonds is 5. The minimum Gasteiger partial charge on any atom is -0.351 e. The van der Waals surface area contributed by atoms with Crippen molar-refractivity contribution >= 4 is 16.8 Å². The third-order valence-corrected chi connectivity index (χ3v) is 3.27. The number of aromatic amines is 1. The van der Waals surface area contributed by atoms with Crippen LogP contribution in [0.15, 0.2) is 36.5 Å². The van der Waals surface area contributed by atoms with Crippen molar-refractivity contribution in [1.29, 1.82) is 0 Å². The molecule has 0 unspecified atom stereocenters. The summed E-state index contributed by atoms with van der Waals surface area (Å²) in [5.74, 6) is -0.169. The summed E-state index contributed by atoms with van der Waals surface area (Å²) < 4.78 is 1.68. The van der Waals surface area contributed by atoms with E-state index in [0.29, 0.717) is 24.5 Å². The number of carbonyl (C=O) groups is 1. The van der Waals surface area contributed by atoms with Gasteiger partial charge in [-0.2, -0.15) is 0 Å². The van der Waals surface area contributed by atoms with Crippen LogP contribution >= 0.6 is 0 Å². The second-order valence-electron chi connectivity index (χ2n) is 5.36.